The maximum absolute atomic E-state index is 12.8. The Labute approximate surface area is 216 Å². The third-order valence-corrected chi connectivity index (χ3v) is 11.5. The van der Waals surface area contributed by atoms with Crippen molar-refractivity contribution in [1.82, 2.24) is 0 Å². The summed E-state index contributed by atoms with van der Waals surface area (Å²) in [6.07, 6.45) is 0. The predicted octanol–water partition coefficient (Wildman–Crippen LogP) is 4.33. The summed E-state index contributed by atoms with van der Waals surface area (Å²) in [6, 6.07) is 11.6. The van der Waals surface area contributed by atoms with Gasteiger partial charge in [-0.1, -0.05) is 24.3 Å². The van der Waals surface area contributed by atoms with Gasteiger partial charge in [0, 0.05) is 0 Å². The Bertz CT molecular complexity index is 1560. The van der Waals surface area contributed by atoms with Gasteiger partial charge in [0.05, 0.1) is 12.0 Å². The molecule has 0 aliphatic carbocycles. The fourth-order valence-electron chi connectivity index (χ4n) is 4.47. The van der Waals surface area contributed by atoms with E-state index < -0.39 is 33.9 Å². The molecule has 0 aliphatic rings. The number of hydrogen-bond acceptors (Lipinski definition) is 5. The van der Waals surface area contributed by atoms with Crippen molar-refractivity contribution in [2.24, 2.45) is 0 Å². The Balaban J connectivity index is 2.46. The molecule has 0 aliphatic heterocycles. The standard InChI is InChI=1S/C27H33O6PS2/c1-16-9-19(4)24(12-17(16)2)34(25-13-23(15-35(28,29)30)18(3)10-20(25)5)26-14-27(36(31,32)33-8)22(7)11-21(26)6/h9-14H,15H2,1-8H3,(H,28,29,30). The zero-order valence-electron chi connectivity index (χ0n) is 21.9. The number of aryl methyl sites for hydroxylation is 7. The SMILES string of the molecule is COS(=O)(=O)c1cc(P(c2cc(C)c(C)cc2C)c2cc(CS(=O)(=O)O)c(C)cc2C)c(C)cc1C. The fourth-order valence-corrected chi connectivity index (χ4v) is 9.06. The van der Waals surface area contributed by atoms with Gasteiger partial charge in [0.15, 0.2) is 0 Å². The Morgan fingerprint density at radius 2 is 1.08 bits per heavy atom. The van der Waals surface area contributed by atoms with Gasteiger partial charge in [-0.15, -0.1) is 0 Å². The molecule has 1 unspecified atom stereocenters. The topological polar surface area (TPSA) is 97.7 Å². The first-order valence-corrected chi connectivity index (χ1v) is 15.8. The normalized spacial score (nSPS) is 13.1. The van der Waals surface area contributed by atoms with Crippen LogP contribution < -0.4 is 15.9 Å². The molecule has 3 aromatic carbocycles. The lowest BCUT2D eigenvalue weighted by Gasteiger charge is -2.27. The molecule has 36 heavy (non-hydrogen) atoms. The highest BCUT2D eigenvalue weighted by Crippen LogP contribution is 2.39. The Kier molecular flexibility index (Phi) is 8.19. The first kappa shape index (κ1) is 28.5. The molecule has 0 heterocycles. The van der Waals surface area contributed by atoms with E-state index in [0.717, 1.165) is 56.4 Å². The summed E-state index contributed by atoms with van der Waals surface area (Å²) < 4.78 is 63.4. The van der Waals surface area contributed by atoms with Gasteiger partial charge in [0.25, 0.3) is 20.2 Å². The van der Waals surface area contributed by atoms with Gasteiger partial charge in [-0.25, -0.2) is 0 Å². The number of benzene rings is 3. The summed E-state index contributed by atoms with van der Waals surface area (Å²) in [5.74, 6) is -0.489. The van der Waals surface area contributed by atoms with Crippen LogP contribution in [-0.4, -0.2) is 28.5 Å². The van der Waals surface area contributed by atoms with E-state index >= 15 is 0 Å². The Morgan fingerprint density at radius 1 is 0.639 bits per heavy atom. The predicted molar refractivity (Wildman–Crippen MR) is 148 cm³/mol. The van der Waals surface area contributed by atoms with Crippen molar-refractivity contribution < 1.29 is 25.6 Å². The molecule has 0 spiro atoms. The second kappa shape index (κ2) is 10.3. The van der Waals surface area contributed by atoms with Gasteiger partial charge in [0.1, 0.15) is 5.75 Å². The molecule has 0 amide bonds. The van der Waals surface area contributed by atoms with E-state index in [9.17, 15) is 21.4 Å². The molecule has 194 valence electrons. The largest absolute Gasteiger partial charge is 0.296 e. The van der Waals surface area contributed by atoms with E-state index in [1.165, 1.54) is 0 Å². The Hall–Kier alpha value is -2.09. The molecular formula is C27H33O6PS2. The van der Waals surface area contributed by atoms with E-state index in [-0.39, 0.29) is 4.90 Å². The summed E-state index contributed by atoms with van der Waals surface area (Å²) in [4.78, 5) is 0.113. The first-order valence-electron chi connectivity index (χ1n) is 11.4. The fraction of sp³-hybridized carbons (Fsp3) is 0.333. The second-order valence-corrected chi connectivity index (χ2v) is 14.6. The molecule has 3 rings (SSSR count). The molecule has 0 radical (unpaired) electrons. The summed E-state index contributed by atoms with van der Waals surface area (Å²) in [5, 5.41) is 2.82. The molecular weight excluding hydrogens is 515 g/mol. The van der Waals surface area contributed by atoms with E-state index in [0.29, 0.717) is 11.1 Å². The summed E-state index contributed by atoms with van der Waals surface area (Å²) in [7, 11) is -8.31. The van der Waals surface area contributed by atoms with Crippen LogP contribution in [0.25, 0.3) is 0 Å². The van der Waals surface area contributed by atoms with E-state index in [1.54, 1.807) is 13.0 Å². The van der Waals surface area contributed by atoms with Crippen LogP contribution in [-0.2, 0) is 30.2 Å². The van der Waals surface area contributed by atoms with Crippen molar-refractivity contribution in [2.45, 2.75) is 59.1 Å². The van der Waals surface area contributed by atoms with Crippen LogP contribution in [0.2, 0.25) is 0 Å². The molecule has 0 fully saturated rings. The van der Waals surface area contributed by atoms with Crippen LogP contribution in [0.5, 0.6) is 0 Å². The average molecular weight is 549 g/mol. The van der Waals surface area contributed by atoms with Gasteiger partial charge in [0.2, 0.25) is 0 Å². The highest BCUT2D eigenvalue weighted by Gasteiger charge is 2.27. The molecule has 0 bridgehead atoms. The second-order valence-electron chi connectivity index (χ2n) is 9.37. The maximum atomic E-state index is 12.8. The number of rotatable bonds is 7. The quantitative estimate of drug-likeness (QED) is 0.268. The third-order valence-electron chi connectivity index (χ3n) is 6.51. The summed E-state index contributed by atoms with van der Waals surface area (Å²) >= 11 is 0. The van der Waals surface area contributed by atoms with Crippen molar-refractivity contribution in [2.75, 3.05) is 7.11 Å². The maximum Gasteiger partial charge on any atom is 0.296 e. The minimum absolute atomic E-state index is 0.113. The third kappa shape index (κ3) is 5.90. The average Bonchev–Trinajstić information content (AvgIpc) is 2.75. The van der Waals surface area contributed by atoms with E-state index in [4.69, 9.17) is 4.18 Å². The zero-order valence-corrected chi connectivity index (χ0v) is 24.5. The minimum Gasteiger partial charge on any atom is -0.285 e. The van der Waals surface area contributed by atoms with Gasteiger partial charge < -0.3 is 0 Å². The van der Waals surface area contributed by atoms with E-state index in [2.05, 4.69) is 19.1 Å². The van der Waals surface area contributed by atoms with Crippen molar-refractivity contribution in [3.63, 3.8) is 0 Å². The molecule has 0 saturated carbocycles. The molecule has 3 aromatic rings. The van der Waals surface area contributed by atoms with Crippen LogP contribution in [0.15, 0.2) is 41.3 Å². The highest BCUT2D eigenvalue weighted by molar-refractivity contribution is 7.87. The van der Waals surface area contributed by atoms with Crippen LogP contribution in [0.4, 0.5) is 0 Å². The van der Waals surface area contributed by atoms with Gasteiger partial charge >= 0.3 is 0 Å². The zero-order chi connectivity index (χ0) is 27.2. The molecule has 0 aromatic heterocycles. The first-order chi connectivity index (χ1) is 16.6. The lowest BCUT2D eigenvalue weighted by molar-refractivity contribution is 0.397. The molecule has 9 heteroatoms. The smallest absolute Gasteiger partial charge is 0.285 e. The number of hydrogen-bond donors (Lipinski definition) is 1. The van der Waals surface area contributed by atoms with E-state index in [1.807, 2.05) is 52.8 Å². The lowest BCUT2D eigenvalue weighted by Crippen LogP contribution is -2.28. The highest BCUT2D eigenvalue weighted by atomic mass is 32.2. The summed E-state index contributed by atoms with van der Waals surface area (Å²) in [5.41, 5.74) is 7.11. The lowest BCUT2D eigenvalue weighted by atomic mass is 10.1. The van der Waals surface area contributed by atoms with Gasteiger partial charge in [-0.2, -0.15) is 16.8 Å². The van der Waals surface area contributed by atoms with Crippen molar-refractivity contribution in [1.29, 1.82) is 0 Å². The summed E-state index contributed by atoms with van der Waals surface area (Å²) in [6.45, 7) is 13.6. The Morgan fingerprint density at radius 3 is 1.61 bits per heavy atom. The molecule has 1 atom stereocenters. The van der Waals surface area contributed by atoms with Gasteiger partial charge in [-0.05, 0) is 129 Å². The van der Waals surface area contributed by atoms with Crippen LogP contribution in [0.1, 0.15) is 44.5 Å². The van der Waals surface area contributed by atoms with Crippen molar-refractivity contribution in [3.8, 4) is 0 Å². The van der Waals surface area contributed by atoms with Crippen LogP contribution in [0.3, 0.4) is 0 Å². The molecule has 0 saturated heterocycles. The molecule has 1 N–H and O–H groups in total. The minimum atomic E-state index is -4.24. The van der Waals surface area contributed by atoms with Gasteiger partial charge in [-0.3, -0.25) is 8.74 Å². The van der Waals surface area contributed by atoms with Crippen molar-refractivity contribution in [3.05, 3.63) is 80.9 Å². The molecule has 6 nitrogen and oxygen atoms in total. The monoisotopic (exact) mass is 548 g/mol. The van der Waals surface area contributed by atoms with Crippen molar-refractivity contribution >= 4 is 44.1 Å². The van der Waals surface area contributed by atoms with Crippen LogP contribution >= 0.6 is 7.92 Å². The van der Waals surface area contributed by atoms with Crippen LogP contribution in [0, 0.1) is 48.5 Å².